The van der Waals surface area contributed by atoms with Gasteiger partial charge in [-0.3, -0.25) is 4.79 Å². The molecule has 0 radical (unpaired) electrons. The number of halogens is 3. The lowest BCUT2D eigenvalue weighted by atomic mass is 9.49. The Morgan fingerprint density at radius 2 is 1.86 bits per heavy atom. The van der Waals surface area contributed by atoms with Crippen LogP contribution in [0.1, 0.15) is 92.7 Å². The highest BCUT2D eigenvalue weighted by Gasteiger charge is 2.55. The summed E-state index contributed by atoms with van der Waals surface area (Å²) >= 11 is 0. The molecular weight excluding hydrogens is 455 g/mol. The lowest BCUT2D eigenvalue weighted by Gasteiger charge is -2.53. The van der Waals surface area contributed by atoms with Crippen LogP contribution < -0.4 is 0 Å². The highest BCUT2D eigenvalue weighted by Crippen LogP contribution is 2.57. The van der Waals surface area contributed by atoms with Crippen LogP contribution >= 0.6 is 0 Å². The molecule has 7 heteroatoms. The van der Waals surface area contributed by atoms with E-state index < -0.39 is 28.5 Å². The molecule has 0 unspecified atom stereocenters. The lowest BCUT2D eigenvalue weighted by molar-refractivity contribution is -0.157. The first kappa shape index (κ1) is 25.3. The summed E-state index contributed by atoms with van der Waals surface area (Å²) in [5.41, 5.74) is 1.88. The predicted octanol–water partition coefficient (Wildman–Crippen LogP) is 7.15. The van der Waals surface area contributed by atoms with Crippen molar-refractivity contribution in [1.82, 2.24) is 0 Å². The number of oxime groups is 1. The van der Waals surface area contributed by atoms with Gasteiger partial charge in [0, 0.05) is 11.1 Å². The van der Waals surface area contributed by atoms with Crippen molar-refractivity contribution in [2.75, 3.05) is 0 Å². The average molecular weight is 488 g/mol. The van der Waals surface area contributed by atoms with E-state index >= 15 is 0 Å². The van der Waals surface area contributed by atoms with Gasteiger partial charge in [-0.1, -0.05) is 50.5 Å². The molecule has 0 aliphatic heterocycles. The third kappa shape index (κ3) is 4.13. The van der Waals surface area contributed by atoms with Gasteiger partial charge in [0.15, 0.2) is 0 Å². The van der Waals surface area contributed by atoms with Crippen LogP contribution in [0.3, 0.4) is 0 Å². The Morgan fingerprint density at radius 3 is 2.46 bits per heavy atom. The smallest absolute Gasteiger partial charge is 0.416 e. The minimum atomic E-state index is -4.52. The summed E-state index contributed by atoms with van der Waals surface area (Å²) in [5, 5.41) is 23.6. The maximum Gasteiger partial charge on any atom is 0.416 e. The molecule has 4 rings (SSSR count). The summed E-state index contributed by atoms with van der Waals surface area (Å²) in [7, 11) is 0. The third-order valence-electron chi connectivity index (χ3n) is 8.45. The summed E-state index contributed by atoms with van der Waals surface area (Å²) in [5.74, 6) is -0.800. The third-order valence-corrected chi connectivity index (χ3v) is 8.45. The van der Waals surface area contributed by atoms with Crippen LogP contribution in [0, 0.1) is 11.3 Å². The molecule has 0 spiro atoms. The number of hydrogen-bond acceptors (Lipinski definition) is 3. The van der Waals surface area contributed by atoms with E-state index in [-0.39, 0.29) is 23.1 Å². The molecule has 1 saturated carbocycles. The Hall–Kier alpha value is -2.83. The first-order valence-electron chi connectivity index (χ1n) is 12.1. The first-order valence-corrected chi connectivity index (χ1v) is 12.1. The van der Waals surface area contributed by atoms with Crippen molar-refractivity contribution in [1.29, 1.82) is 0 Å². The van der Waals surface area contributed by atoms with Crippen molar-refractivity contribution in [3.8, 4) is 0 Å². The number of fused-ring (bicyclic) bond motifs is 3. The van der Waals surface area contributed by atoms with Gasteiger partial charge in [0.25, 0.3) is 0 Å². The normalized spacial score (nSPS) is 26.9. The second-order valence-electron chi connectivity index (χ2n) is 10.9. The highest BCUT2D eigenvalue weighted by molar-refractivity contribution is 6.13. The van der Waals surface area contributed by atoms with Gasteiger partial charge < -0.3 is 10.3 Å². The van der Waals surface area contributed by atoms with E-state index in [2.05, 4.69) is 18.1 Å². The largest absolute Gasteiger partial charge is 0.481 e. The standard InChI is InChI=1S/C28H32F3NO3/c1-16(2)20-14-17-9-10-23-26(3,11-6-12-27(23,4)25(33)34)22(17)15-21(20)24(32-35)18-7-5-8-19(13-18)28(29,30)31/h5,7-8,13-16,23,35H,6,9-12H2,1-4H3,(H,33,34)/t23-,26-,27-/m1/s1. The van der Waals surface area contributed by atoms with Crippen molar-refractivity contribution in [2.45, 2.75) is 77.3 Å². The molecule has 4 nitrogen and oxygen atoms in total. The van der Waals surface area contributed by atoms with E-state index in [4.69, 9.17) is 0 Å². The topological polar surface area (TPSA) is 69.9 Å². The highest BCUT2D eigenvalue weighted by atomic mass is 19.4. The van der Waals surface area contributed by atoms with Crippen molar-refractivity contribution in [3.05, 3.63) is 69.8 Å². The van der Waals surface area contributed by atoms with Crippen molar-refractivity contribution < 1.29 is 28.3 Å². The fourth-order valence-corrected chi connectivity index (χ4v) is 6.58. The maximum atomic E-state index is 13.4. The fraction of sp³-hybridized carbons (Fsp3) is 0.500. The number of carbonyl (C=O) groups is 1. The van der Waals surface area contributed by atoms with E-state index in [1.54, 1.807) is 0 Å². The second kappa shape index (κ2) is 8.68. The second-order valence-corrected chi connectivity index (χ2v) is 10.9. The first-order chi connectivity index (χ1) is 16.3. The number of carboxylic acids is 1. The van der Waals surface area contributed by atoms with Crippen LogP contribution in [0.25, 0.3) is 0 Å². The molecule has 2 aromatic carbocycles. The number of nitrogens with zero attached hydrogens (tertiary/aromatic N) is 1. The molecule has 0 amide bonds. The van der Waals surface area contributed by atoms with Crippen molar-refractivity contribution in [2.24, 2.45) is 16.5 Å². The molecule has 35 heavy (non-hydrogen) atoms. The predicted molar refractivity (Wildman–Crippen MR) is 128 cm³/mol. The minimum absolute atomic E-state index is 0.0408. The Balaban J connectivity index is 1.91. The van der Waals surface area contributed by atoms with E-state index in [1.807, 2.05) is 26.8 Å². The molecular formula is C28H32F3NO3. The lowest BCUT2D eigenvalue weighted by Crippen LogP contribution is -2.52. The molecule has 0 aromatic heterocycles. The van der Waals surface area contributed by atoms with Crippen LogP contribution in [0.5, 0.6) is 0 Å². The van der Waals surface area contributed by atoms with Crippen LogP contribution in [-0.2, 0) is 22.8 Å². The number of benzene rings is 2. The number of carboxylic acid groups (broad SMARTS) is 1. The molecule has 0 saturated heterocycles. The molecule has 2 aromatic rings. The van der Waals surface area contributed by atoms with Crippen molar-refractivity contribution >= 4 is 11.7 Å². The number of aliphatic carboxylic acids is 1. The van der Waals surface area contributed by atoms with Gasteiger partial charge in [-0.25, -0.2) is 0 Å². The van der Waals surface area contributed by atoms with E-state index in [9.17, 15) is 28.3 Å². The Bertz CT molecular complexity index is 1190. The van der Waals surface area contributed by atoms with Gasteiger partial charge in [0.1, 0.15) is 5.71 Å². The summed E-state index contributed by atoms with van der Waals surface area (Å²) in [6.45, 7) is 7.97. The molecule has 1 fully saturated rings. The molecule has 2 aliphatic carbocycles. The molecule has 188 valence electrons. The van der Waals surface area contributed by atoms with Crippen LogP contribution in [-0.4, -0.2) is 22.0 Å². The maximum absolute atomic E-state index is 13.4. The minimum Gasteiger partial charge on any atom is -0.481 e. The van der Waals surface area contributed by atoms with Crippen LogP contribution in [0.4, 0.5) is 13.2 Å². The van der Waals surface area contributed by atoms with Crippen LogP contribution in [0.2, 0.25) is 0 Å². The van der Waals surface area contributed by atoms with E-state index in [1.165, 1.54) is 12.1 Å². The quantitative estimate of drug-likeness (QED) is 0.273. The summed E-state index contributed by atoms with van der Waals surface area (Å²) in [6, 6.07) is 8.87. The zero-order valence-electron chi connectivity index (χ0n) is 20.5. The van der Waals surface area contributed by atoms with Crippen LogP contribution in [0.15, 0.2) is 41.6 Å². The molecule has 2 aliphatic rings. The summed E-state index contributed by atoms with van der Waals surface area (Å²) in [6.07, 6.45) is -0.751. The van der Waals surface area contributed by atoms with Gasteiger partial charge in [-0.2, -0.15) is 13.2 Å². The van der Waals surface area contributed by atoms with Gasteiger partial charge in [0.05, 0.1) is 11.0 Å². The Kier molecular flexibility index (Phi) is 6.27. The summed E-state index contributed by atoms with van der Waals surface area (Å²) in [4.78, 5) is 12.3. The number of aryl methyl sites for hydroxylation is 1. The van der Waals surface area contributed by atoms with E-state index in [0.29, 0.717) is 12.0 Å². The van der Waals surface area contributed by atoms with Crippen molar-refractivity contribution in [3.63, 3.8) is 0 Å². The number of rotatable bonds is 4. The molecule has 3 atom stereocenters. The average Bonchev–Trinajstić information content (AvgIpc) is 2.78. The number of hydrogen-bond donors (Lipinski definition) is 2. The molecule has 0 heterocycles. The monoisotopic (exact) mass is 487 g/mol. The SMILES string of the molecule is CC(C)c1cc2c(cc1C(=NO)c1cccc(C(F)(F)F)c1)[C@@]1(C)CCC[C@@](C)(C(=O)O)[C@@H]1CC2. The fourth-order valence-electron chi connectivity index (χ4n) is 6.58. The van der Waals surface area contributed by atoms with Gasteiger partial charge in [-0.05, 0) is 84.7 Å². The van der Waals surface area contributed by atoms with Gasteiger partial charge >= 0.3 is 12.1 Å². The van der Waals surface area contributed by atoms with Gasteiger partial charge in [0.2, 0.25) is 0 Å². The molecule has 2 N–H and O–H groups in total. The zero-order chi connectivity index (χ0) is 25.8. The Labute approximate surface area is 203 Å². The van der Waals surface area contributed by atoms with Gasteiger partial charge in [-0.15, -0.1) is 0 Å². The van der Waals surface area contributed by atoms with E-state index in [0.717, 1.165) is 54.5 Å². The summed E-state index contributed by atoms with van der Waals surface area (Å²) < 4.78 is 40.2. The Morgan fingerprint density at radius 1 is 1.14 bits per heavy atom. The molecule has 0 bridgehead atoms. The zero-order valence-corrected chi connectivity index (χ0v) is 20.5. The number of alkyl halides is 3.